The molecule has 0 atom stereocenters. The highest BCUT2D eigenvalue weighted by atomic mass is 16.8. The molecule has 1 saturated heterocycles. The summed E-state index contributed by atoms with van der Waals surface area (Å²) in [5.41, 5.74) is 0.0178. The molecule has 0 spiro atoms. The summed E-state index contributed by atoms with van der Waals surface area (Å²) in [6.45, 7) is 1.36. The molecule has 0 aromatic heterocycles. The van der Waals surface area contributed by atoms with Crippen LogP contribution in [0.25, 0.3) is 0 Å². The Balaban J connectivity index is 2.68. The first-order valence-corrected chi connectivity index (χ1v) is 2.75. The SMILES string of the molecule is C/C(=N\O)C1OC(=O)C(=O)O1. The molecule has 1 N–H and O–H groups in total. The van der Waals surface area contributed by atoms with Crippen LogP contribution in [-0.2, 0) is 19.1 Å². The average molecular weight is 159 g/mol. The van der Waals surface area contributed by atoms with E-state index >= 15 is 0 Å². The van der Waals surface area contributed by atoms with Gasteiger partial charge in [0.25, 0.3) is 6.29 Å². The molecule has 1 aliphatic rings. The molecule has 6 nitrogen and oxygen atoms in total. The van der Waals surface area contributed by atoms with E-state index in [-0.39, 0.29) is 5.71 Å². The summed E-state index contributed by atoms with van der Waals surface area (Å²) in [5, 5.41) is 10.9. The van der Waals surface area contributed by atoms with Crippen LogP contribution in [0.1, 0.15) is 6.92 Å². The van der Waals surface area contributed by atoms with E-state index < -0.39 is 18.2 Å². The van der Waals surface area contributed by atoms with Crippen LogP contribution in [-0.4, -0.2) is 29.1 Å². The van der Waals surface area contributed by atoms with E-state index in [1.807, 2.05) is 0 Å². The van der Waals surface area contributed by atoms with Gasteiger partial charge < -0.3 is 14.7 Å². The van der Waals surface area contributed by atoms with Crippen molar-refractivity contribution < 1.29 is 24.3 Å². The molecule has 0 aromatic carbocycles. The lowest BCUT2D eigenvalue weighted by Crippen LogP contribution is -2.18. The summed E-state index contributed by atoms with van der Waals surface area (Å²) in [4.78, 5) is 20.7. The van der Waals surface area contributed by atoms with E-state index in [0.717, 1.165) is 0 Å². The topological polar surface area (TPSA) is 85.2 Å². The molecule has 1 rings (SSSR count). The molecule has 0 bridgehead atoms. The molecule has 0 aromatic rings. The first-order chi connectivity index (χ1) is 5.15. The Hall–Kier alpha value is -1.59. The fourth-order valence-corrected chi connectivity index (χ4v) is 0.532. The number of esters is 2. The molecule has 1 heterocycles. The maximum Gasteiger partial charge on any atom is 0.421 e. The first kappa shape index (κ1) is 7.52. The Bertz CT molecular complexity index is 217. The summed E-state index contributed by atoms with van der Waals surface area (Å²) < 4.78 is 8.65. The van der Waals surface area contributed by atoms with Gasteiger partial charge in [0.1, 0.15) is 5.71 Å². The average Bonchev–Trinajstić information content (AvgIpc) is 2.31. The van der Waals surface area contributed by atoms with Gasteiger partial charge in [-0.25, -0.2) is 9.59 Å². The van der Waals surface area contributed by atoms with Crippen molar-refractivity contribution in [1.82, 2.24) is 0 Å². The first-order valence-electron chi connectivity index (χ1n) is 2.75. The van der Waals surface area contributed by atoms with Gasteiger partial charge in [-0.2, -0.15) is 0 Å². The van der Waals surface area contributed by atoms with Gasteiger partial charge in [-0.05, 0) is 6.92 Å². The van der Waals surface area contributed by atoms with Crippen molar-refractivity contribution in [3.63, 3.8) is 0 Å². The van der Waals surface area contributed by atoms with Crippen LogP contribution in [0, 0.1) is 0 Å². The molecule has 0 amide bonds. The van der Waals surface area contributed by atoms with Crippen molar-refractivity contribution in [3.8, 4) is 0 Å². The zero-order valence-electron chi connectivity index (χ0n) is 5.60. The lowest BCUT2D eigenvalue weighted by atomic mass is 10.4. The molecule has 0 saturated carbocycles. The second-order valence-electron chi connectivity index (χ2n) is 1.88. The van der Waals surface area contributed by atoms with Gasteiger partial charge in [0.15, 0.2) is 0 Å². The summed E-state index contributed by atoms with van der Waals surface area (Å²) in [7, 11) is 0. The Morgan fingerprint density at radius 2 is 1.91 bits per heavy atom. The van der Waals surface area contributed by atoms with Gasteiger partial charge in [-0.15, -0.1) is 0 Å². The maximum absolute atomic E-state index is 10.4. The van der Waals surface area contributed by atoms with Crippen LogP contribution in [0.5, 0.6) is 0 Å². The van der Waals surface area contributed by atoms with E-state index in [0.29, 0.717) is 0 Å². The van der Waals surface area contributed by atoms with E-state index in [1.165, 1.54) is 6.92 Å². The molecule has 0 radical (unpaired) electrons. The Labute approximate surface area is 61.4 Å². The fraction of sp³-hybridized carbons (Fsp3) is 0.400. The fourth-order valence-electron chi connectivity index (χ4n) is 0.532. The lowest BCUT2D eigenvalue weighted by Gasteiger charge is -2.03. The standard InChI is InChI=1S/C5H5NO5/c1-2(6-9)5-10-3(7)4(8)11-5/h5,9H,1H3/b6-2+. The smallest absolute Gasteiger partial charge is 0.411 e. The van der Waals surface area contributed by atoms with Gasteiger partial charge >= 0.3 is 11.9 Å². The van der Waals surface area contributed by atoms with Crippen LogP contribution in [0.15, 0.2) is 5.16 Å². The minimum atomic E-state index is -1.17. The number of carbonyl (C=O) groups is 2. The number of oxime groups is 1. The molecule has 1 aliphatic heterocycles. The van der Waals surface area contributed by atoms with Crippen molar-refractivity contribution in [2.24, 2.45) is 5.16 Å². The van der Waals surface area contributed by atoms with Crippen LogP contribution in [0.4, 0.5) is 0 Å². The largest absolute Gasteiger partial charge is 0.421 e. The number of rotatable bonds is 1. The van der Waals surface area contributed by atoms with Gasteiger partial charge in [0.05, 0.1) is 0 Å². The quantitative estimate of drug-likeness (QED) is 0.179. The van der Waals surface area contributed by atoms with E-state index in [2.05, 4.69) is 14.6 Å². The van der Waals surface area contributed by atoms with Crippen molar-refractivity contribution in [2.75, 3.05) is 0 Å². The molecule has 6 heteroatoms. The van der Waals surface area contributed by atoms with Crippen LogP contribution >= 0.6 is 0 Å². The second kappa shape index (κ2) is 2.57. The Kier molecular flexibility index (Phi) is 1.75. The van der Waals surface area contributed by atoms with Crippen molar-refractivity contribution in [2.45, 2.75) is 13.2 Å². The zero-order chi connectivity index (χ0) is 8.43. The predicted octanol–water partition coefficient (Wildman–Crippen LogP) is -0.737. The number of nitrogens with zero attached hydrogens (tertiary/aromatic N) is 1. The van der Waals surface area contributed by atoms with Crippen molar-refractivity contribution in [3.05, 3.63) is 0 Å². The molecule has 0 unspecified atom stereocenters. The highest BCUT2D eigenvalue weighted by Gasteiger charge is 2.36. The van der Waals surface area contributed by atoms with Gasteiger partial charge in [0, 0.05) is 0 Å². The van der Waals surface area contributed by atoms with E-state index in [4.69, 9.17) is 5.21 Å². The summed E-state index contributed by atoms with van der Waals surface area (Å²) in [5.74, 6) is -2.14. The molecule has 1 fully saturated rings. The molecule has 11 heavy (non-hydrogen) atoms. The molecule has 60 valence electrons. The molecular weight excluding hydrogens is 154 g/mol. The lowest BCUT2D eigenvalue weighted by molar-refractivity contribution is -0.150. The predicted molar refractivity (Wildman–Crippen MR) is 30.9 cm³/mol. The number of hydrogen-bond donors (Lipinski definition) is 1. The number of carbonyl (C=O) groups excluding carboxylic acids is 2. The Morgan fingerprint density at radius 3 is 2.27 bits per heavy atom. The third-order valence-electron chi connectivity index (χ3n) is 1.09. The van der Waals surface area contributed by atoms with E-state index in [9.17, 15) is 9.59 Å². The van der Waals surface area contributed by atoms with E-state index in [1.54, 1.807) is 0 Å². The minimum Gasteiger partial charge on any atom is -0.411 e. The van der Waals surface area contributed by atoms with Crippen LogP contribution in [0.3, 0.4) is 0 Å². The number of hydrogen-bond acceptors (Lipinski definition) is 6. The zero-order valence-corrected chi connectivity index (χ0v) is 5.60. The number of cyclic esters (lactones) is 2. The maximum atomic E-state index is 10.4. The monoisotopic (exact) mass is 159 g/mol. The Morgan fingerprint density at radius 1 is 1.45 bits per heavy atom. The highest BCUT2D eigenvalue weighted by molar-refractivity contribution is 6.31. The summed E-state index contributed by atoms with van der Waals surface area (Å²) in [6.07, 6.45) is -1.17. The summed E-state index contributed by atoms with van der Waals surface area (Å²) in [6, 6.07) is 0. The normalized spacial score (nSPS) is 19.9. The molecule has 0 aliphatic carbocycles. The third kappa shape index (κ3) is 1.28. The second-order valence-corrected chi connectivity index (χ2v) is 1.88. The van der Waals surface area contributed by atoms with Gasteiger partial charge in [-0.1, -0.05) is 5.16 Å². The molecular formula is C5H5NO5. The minimum absolute atomic E-state index is 0.0178. The van der Waals surface area contributed by atoms with Gasteiger partial charge in [-0.3, -0.25) is 0 Å². The third-order valence-corrected chi connectivity index (χ3v) is 1.09. The van der Waals surface area contributed by atoms with Crippen molar-refractivity contribution >= 4 is 17.7 Å². The van der Waals surface area contributed by atoms with Crippen LogP contribution in [0.2, 0.25) is 0 Å². The van der Waals surface area contributed by atoms with Gasteiger partial charge in [0.2, 0.25) is 0 Å². The highest BCUT2D eigenvalue weighted by Crippen LogP contribution is 2.08. The number of ether oxygens (including phenoxy) is 2. The van der Waals surface area contributed by atoms with Crippen molar-refractivity contribution in [1.29, 1.82) is 0 Å². The van der Waals surface area contributed by atoms with Crippen LogP contribution < -0.4 is 0 Å². The summed E-state index contributed by atoms with van der Waals surface area (Å²) >= 11 is 0.